The van der Waals surface area contributed by atoms with Gasteiger partial charge in [-0.25, -0.2) is 70.4 Å². The van der Waals surface area contributed by atoms with Gasteiger partial charge in [0.15, 0.2) is 70.4 Å². The zero-order valence-corrected chi connectivity index (χ0v) is 87.2. The lowest BCUT2D eigenvalue weighted by Crippen LogP contribution is -2.16. The molecule has 0 saturated heterocycles. The maximum absolute atomic E-state index is 13.4. The lowest BCUT2D eigenvalue weighted by Gasteiger charge is -2.15. The van der Waals surface area contributed by atoms with Crippen LogP contribution in [0.4, 0.5) is 26.3 Å². The number of rotatable bonds is 24. The first kappa shape index (κ1) is 118. The summed E-state index contributed by atoms with van der Waals surface area (Å²) < 4.78 is 227. The van der Waals surface area contributed by atoms with E-state index in [2.05, 4.69) is 400 Å². The van der Waals surface area contributed by atoms with E-state index in [0.29, 0.717) is 17.7 Å². The van der Waals surface area contributed by atoms with E-state index in [0.717, 1.165) is 19.1 Å². The topological polar surface area (TPSA) is 334 Å². The highest BCUT2D eigenvalue weighted by molar-refractivity contribution is 7.98. The Balaban J connectivity index is 0.000000189. The molecule has 0 radical (unpaired) electrons. The molecule has 0 heterocycles. The Morgan fingerprint density at radius 3 is 0.658 bits per heavy atom. The first-order valence-electron chi connectivity index (χ1n) is 44.2. The van der Waals surface area contributed by atoms with Crippen LogP contribution in [-0.4, -0.2) is 75.8 Å². The van der Waals surface area contributed by atoms with Gasteiger partial charge in [-0.15, -0.1) is 0 Å². The third-order valence-corrected chi connectivity index (χ3v) is 32.6. The van der Waals surface area contributed by atoms with Crippen LogP contribution in [-0.2, 0) is 103 Å². The standard InChI is InChI=1S/4C18H15S.C12H14O5S.C11H12O5S.C10H6F4O5S.C10H8F2O5S/c4*1-4-10-16(11-5-1)19(17-12-6-2-7-13-17)18-14-8-3-9-15-18;1-7(2)12(13)17-10-5-6-11(18(14,15)16)9(4)8(10)3;1-7(2)11(12)16-9-4-5-10(8(3)6-9)17(13,14)15;1-3(2)10(15)19-8-4(11)6(13)9(20(16,17)18)7(14)5(8)12;1-5(2)10(13)17-6-3-7(11)9(8(12)4-6)18(14,15)16/h4*1-15H;5-6H,1H2,2-4H3,(H,14,15,16);4-6H,1H2,2-3H3,(H,13,14,15);1H2,2H3,(H,16,17,18);3-4H,1H2,2H3,(H,14,15,16)/q4*+1;;;;/p-4. The van der Waals surface area contributed by atoms with E-state index >= 15 is 0 Å². The van der Waals surface area contributed by atoms with Crippen molar-refractivity contribution in [3.8, 4) is 23.0 Å². The Bertz CT molecular complexity index is 6900. The van der Waals surface area contributed by atoms with Gasteiger partial charge in [-0.2, -0.15) is 8.78 Å². The molecule has 0 aromatic heterocycles. The highest BCUT2D eigenvalue weighted by atomic mass is 32.2. The van der Waals surface area contributed by atoms with Crippen LogP contribution in [0.3, 0.4) is 0 Å². The second-order valence-electron chi connectivity index (χ2n) is 31.3. The predicted octanol–water partition coefficient (Wildman–Crippen LogP) is 25.2. The van der Waals surface area contributed by atoms with Gasteiger partial charge in [0.2, 0.25) is 17.4 Å². The molecule has 16 rings (SSSR count). The number of aryl methyl sites for hydroxylation is 1. The molecule has 0 spiro atoms. The molecule has 16 aromatic rings. The third kappa shape index (κ3) is 35.1. The van der Waals surface area contributed by atoms with Crippen LogP contribution in [0.2, 0.25) is 0 Å². The van der Waals surface area contributed by atoms with Crippen molar-refractivity contribution in [2.75, 3.05) is 0 Å². The minimum Gasteiger partial charge on any atom is -0.744 e. The van der Waals surface area contributed by atoms with Crippen LogP contribution < -0.4 is 18.9 Å². The van der Waals surface area contributed by atoms with E-state index < -0.39 is 121 Å². The lowest BCUT2D eigenvalue weighted by molar-refractivity contribution is -0.131. The maximum atomic E-state index is 13.4. The zero-order chi connectivity index (χ0) is 109. The molecule has 0 bridgehead atoms. The Labute approximate surface area is 873 Å². The molecule has 0 aliphatic carbocycles. The lowest BCUT2D eigenvalue weighted by atomic mass is 10.1. The highest BCUT2D eigenvalue weighted by Crippen LogP contribution is 2.38. The summed E-state index contributed by atoms with van der Waals surface area (Å²) in [7, 11) is -20.2. The van der Waals surface area contributed by atoms with Gasteiger partial charge in [0, 0.05) is 34.4 Å². The Hall–Kier alpha value is -15.0. The van der Waals surface area contributed by atoms with E-state index in [1.54, 1.807) is 6.92 Å². The monoisotopic (exact) mass is 2170 g/mol. The summed E-state index contributed by atoms with van der Waals surface area (Å²) in [5.41, 5.74) is 1.03. The van der Waals surface area contributed by atoms with Crippen molar-refractivity contribution >= 4 is 108 Å². The summed E-state index contributed by atoms with van der Waals surface area (Å²) in [6.45, 7) is 23.0. The number of halogens is 6. The molecule has 0 aliphatic heterocycles. The Kier molecular flexibility index (Phi) is 44.3. The van der Waals surface area contributed by atoms with Gasteiger partial charge < -0.3 is 37.2 Å². The third-order valence-electron chi connectivity index (χ3n) is 20.0. The van der Waals surface area contributed by atoms with Gasteiger partial charge in [0.1, 0.15) is 79.1 Å². The summed E-state index contributed by atoms with van der Waals surface area (Å²) in [5.74, 6) is -18.4. The molecule has 0 aliphatic rings. The number of benzene rings is 16. The molecule has 0 fully saturated rings. The predicted molar refractivity (Wildman–Crippen MR) is 559 cm³/mol. The van der Waals surface area contributed by atoms with Crippen LogP contribution >= 0.6 is 0 Å². The molecule has 149 heavy (non-hydrogen) atoms. The average Bonchev–Trinajstić information content (AvgIpc) is 0.764. The van der Waals surface area contributed by atoms with Crippen LogP contribution in [0.25, 0.3) is 0 Å². The van der Waals surface area contributed by atoms with Gasteiger partial charge in [-0.3, -0.25) is 0 Å². The minimum absolute atomic E-state index is 0.0146. The summed E-state index contributed by atoms with van der Waals surface area (Å²) in [6.07, 6.45) is 0. The Morgan fingerprint density at radius 1 is 0.242 bits per heavy atom. The van der Waals surface area contributed by atoms with E-state index in [1.807, 2.05) is 0 Å². The molecule has 0 saturated carbocycles. The first-order valence-corrected chi connectivity index (χ1v) is 54.8. The van der Waals surface area contributed by atoms with Gasteiger partial charge in [0.05, 0.1) is 53.4 Å². The van der Waals surface area contributed by atoms with Gasteiger partial charge in [-0.05, 0) is 241 Å². The molecule has 766 valence electrons. The van der Waals surface area contributed by atoms with Crippen molar-refractivity contribution in [1.82, 2.24) is 0 Å². The van der Waals surface area contributed by atoms with Crippen molar-refractivity contribution in [2.24, 2.45) is 0 Å². The van der Waals surface area contributed by atoms with Gasteiger partial charge >= 0.3 is 23.9 Å². The molecule has 0 unspecified atom stereocenters. The van der Waals surface area contributed by atoms with Crippen molar-refractivity contribution in [3.63, 3.8) is 0 Å². The average molecular weight is 2170 g/mol. The highest BCUT2D eigenvalue weighted by Gasteiger charge is 2.35. The van der Waals surface area contributed by atoms with Crippen LogP contribution in [0.15, 0.2) is 533 Å². The fraction of sp³-hybridized carbons (Fsp3) is 0.0609. The second kappa shape index (κ2) is 56.2. The summed E-state index contributed by atoms with van der Waals surface area (Å²) in [5, 5.41) is 0. The molecule has 0 amide bonds. The smallest absolute Gasteiger partial charge is 0.338 e. The molecule has 0 atom stereocenters. The van der Waals surface area contributed by atoms with Crippen molar-refractivity contribution < 1.29 is 116 Å². The van der Waals surface area contributed by atoms with E-state index in [1.165, 1.54) is 112 Å². The van der Waals surface area contributed by atoms with E-state index in [9.17, 15) is 97.4 Å². The van der Waals surface area contributed by atoms with Gasteiger partial charge in [0.25, 0.3) is 0 Å². The summed E-state index contributed by atoms with van der Waals surface area (Å²) in [6, 6.07) is 136. The van der Waals surface area contributed by atoms with Gasteiger partial charge in [-0.1, -0.05) is 245 Å². The fourth-order valence-corrected chi connectivity index (χ4v) is 24.0. The normalized spacial score (nSPS) is 10.9. The molecule has 20 nitrogen and oxygen atoms in total. The summed E-state index contributed by atoms with van der Waals surface area (Å²) >= 11 is 0. The molecule has 16 aromatic carbocycles. The number of esters is 4. The quantitative estimate of drug-likeness (QED) is 0.0103. The largest absolute Gasteiger partial charge is 0.744 e. The molecular formula is C115H96F6O20S8. The van der Waals surface area contributed by atoms with E-state index in [-0.39, 0.29) is 98.3 Å². The van der Waals surface area contributed by atoms with E-state index in [4.69, 9.17) is 9.47 Å². The van der Waals surface area contributed by atoms with Crippen LogP contribution in [0.1, 0.15) is 44.4 Å². The zero-order valence-electron chi connectivity index (χ0n) is 80.7. The molecule has 0 N–H and O–H groups in total. The van der Waals surface area contributed by atoms with Crippen molar-refractivity contribution in [1.29, 1.82) is 0 Å². The number of hydrogen-bond acceptors (Lipinski definition) is 20. The number of ether oxygens (including phenoxy) is 4. The SMILES string of the molecule is C=C(C)C(=O)Oc1c(F)c(F)c(S(=O)(=O)[O-])c(F)c1F.C=C(C)C(=O)Oc1cc(F)c(S(=O)(=O)[O-])c(F)c1.C=C(C)C(=O)Oc1ccc(S(=O)(=O)[O-])c(C)c1.C=C(C)C(=O)Oc1ccc(S(=O)(=O)[O-])c(C)c1C.c1ccc([S+](c2ccccc2)c2ccccc2)cc1.c1ccc([S+](c2ccccc2)c2ccccc2)cc1.c1ccc([S+](c2ccccc2)c2ccccc2)cc1.c1ccc([S+](c2ccccc2)c2ccccc2)cc1. The summed E-state index contributed by atoms with van der Waals surface area (Å²) in [4.78, 5) is 56.4. The Morgan fingerprint density at radius 2 is 0.450 bits per heavy atom. The van der Waals surface area contributed by atoms with Crippen LogP contribution in [0, 0.1) is 55.7 Å². The number of carbonyl (C=O) groups excluding carboxylic acids is 4. The van der Waals surface area contributed by atoms with Crippen LogP contribution in [0.5, 0.6) is 23.0 Å². The van der Waals surface area contributed by atoms with Crippen molar-refractivity contribution in [2.45, 2.75) is 127 Å². The van der Waals surface area contributed by atoms with Crippen molar-refractivity contribution in [3.05, 3.63) is 507 Å². The fourth-order valence-electron chi connectivity index (χ4n) is 12.9. The molecular weight excluding hydrogens is 2070 g/mol. The first-order chi connectivity index (χ1) is 70.8. The molecule has 34 heteroatoms. The maximum Gasteiger partial charge on any atom is 0.338 e. The second-order valence-corrected chi connectivity index (χ2v) is 44.8. The minimum atomic E-state index is -5.81. The number of hydrogen-bond donors (Lipinski definition) is 0. The number of carbonyl (C=O) groups is 4.